The molecule has 20 heavy (non-hydrogen) atoms. The Morgan fingerprint density at radius 3 is 2.40 bits per heavy atom. The number of nitro groups is 1. The standard InChI is InChI=1S/C13H9FN2O3S/c14-9-2-4-10(5-3-9)20-12-6-1-8(13(15)17)7-11(12)16(18)19/h1-7H,(H2,15,17). The van der Waals surface area contributed by atoms with Crippen LogP contribution in [0.4, 0.5) is 10.1 Å². The van der Waals surface area contributed by atoms with Crippen LogP contribution >= 0.6 is 11.8 Å². The van der Waals surface area contributed by atoms with Crippen molar-refractivity contribution in [2.75, 3.05) is 0 Å². The van der Waals surface area contributed by atoms with E-state index in [2.05, 4.69) is 0 Å². The van der Waals surface area contributed by atoms with Crippen molar-refractivity contribution in [3.8, 4) is 0 Å². The number of nitrogens with two attached hydrogens (primary N) is 1. The van der Waals surface area contributed by atoms with Crippen LogP contribution in [0.3, 0.4) is 0 Å². The Labute approximate surface area is 117 Å². The van der Waals surface area contributed by atoms with Gasteiger partial charge >= 0.3 is 0 Å². The lowest BCUT2D eigenvalue weighted by Crippen LogP contribution is -2.11. The first kappa shape index (κ1) is 14.0. The van der Waals surface area contributed by atoms with E-state index in [4.69, 9.17) is 5.73 Å². The van der Waals surface area contributed by atoms with Gasteiger partial charge in [0, 0.05) is 16.5 Å². The highest BCUT2D eigenvalue weighted by Gasteiger charge is 2.17. The van der Waals surface area contributed by atoms with Crippen LogP contribution in [0.1, 0.15) is 10.4 Å². The lowest BCUT2D eigenvalue weighted by molar-refractivity contribution is -0.387. The zero-order valence-electron chi connectivity index (χ0n) is 10.1. The number of hydrogen-bond donors (Lipinski definition) is 1. The number of rotatable bonds is 4. The van der Waals surface area contributed by atoms with E-state index in [1.165, 1.54) is 36.4 Å². The minimum absolute atomic E-state index is 0.0696. The first-order valence-corrected chi connectivity index (χ1v) is 6.30. The number of amides is 1. The Hall–Kier alpha value is -2.41. The summed E-state index contributed by atoms with van der Waals surface area (Å²) in [6, 6.07) is 9.58. The summed E-state index contributed by atoms with van der Waals surface area (Å²) in [5.41, 5.74) is 4.95. The van der Waals surface area contributed by atoms with E-state index in [0.29, 0.717) is 9.79 Å². The minimum Gasteiger partial charge on any atom is -0.366 e. The summed E-state index contributed by atoms with van der Waals surface area (Å²) >= 11 is 1.11. The summed E-state index contributed by atoms with van der Waals surface area (Å²) in [5.74, 6) is -1.11. The van der Waals surface area contributed by atoms with Gasteiger partial charge in [0.25, 0.3) is 5.69 Å². The summed E-state index contributed by atoms with van der Waals surface area (Å²) in [4.78, 5) is 22.5. The van der Waals surface area contributed by atoms with E-state index < -0.39 is 10.8 Å². The van der Waals surface area contributed by atoms with E-state index in [-0.39, 0.29) is 17.1 Å². The third-order valence-electron chi connectivity index (χ3n) is 2.48. The van der Waals surface area contributed by atoms with Crippen molar-refractivity contribution >= 4 is 23.4 Å². The quantitative estimate of drug-likeness (QED) is 0.693. The molecule has 0 fully saturated rings. The van der Waals surface area contributed by atoms with Gasteiger partial charge < -0.3 is 5.73 Å². The molecule has 1 amide bonds. The second-order valence-electron chi connectivity index (χ2n) is 3.86. The van der Waals surface area contributed by atoms with Crippen molar-refractivity contribution < 1.29 is 14.1 Å². The normalized spacial score (nSPS) is 10.2. The van der Waals surface area contributed by atoms with Crippen LogP contribution < -0.4 is 5.73 Å². The maximum atomic E-state index is 12.8. The maximum absolute atomic E-state index is 12.8. The molecule has 7 heteroatoms. The maximum Gasteiger partial charge on any atom is 0.284 e. The molecule has 0 aromatic heterocycles. The molecule has 0 saturated heterocycles. The summed E-state index contributed by atoms with van der Waals surface area (Å²) in [5, 5.41) is 11.0. The van der Waals surface area contributed by atoms with Crippen LogP contribution in [0.25, 0.3) is 0 Å². The molecule has 0 spiro atoms. The molecule has 0 bridgehead atoms. The van der Waals surface area contributed by atoms with E-state index in [0.717, 1.165) is 17.8 Å². The summed E-state index contributed by atoms with van der Waals surface area (Å²) in [6.07, 6.45) is 0. The fourth-order valence-corrected chi connectivity index (χ4v) is 2.43. The number of hydrogen-bond acceptors (Lipinski definition) is 4. The summed E-state index contributed by atoms with van der Waals surface area (Å²) < 4.78 is 12.8. The van der Waals surface area contributed by atoms with Crippen LogP contribution in [0.2, 0.25) is 0 Å². The highest BCUT2D eigenvalue weighted by atomic mass is 32.2. The Kier molecular flexibility index (Phi) is 3.99. The molecule has 0 aliphatic carbocycles. The molecule has 0 atom stereocenters. The smallest absolute Gasteiger partial charge is 0.284 e. The summed E-state index contributed by atoms with van der Waals surface area (Å²) in [6.45, 7) is 0. The van der Waals surface area contributed by atoms with Crippen LogP contribution in [0.15, 0.2) is 52.3 Å². The number of primary amides is 1. The predicted molar refractivity (Wildman–Crippen MR) is 72.1 cm³/mol. The minimum atomic E-state index is -0.730. The first-order chi connectivity index (χ1) is 9.47. The third-order valence-corrected chi connectivity index (χ3v) is 3.55. The van der Waals surface area contributed by atoms with Crippen LogP contribution in [0.5, 0.6) is 0 Å². The Morgan fingerprint density at radius 2 is 1.85 bits per heavy atom. The highest BCUT2D eigenvalue weighted by molar-refractivity contribution is 7.99. The fraction of sp³-hybridized carbons (Fsp3) is 0. The van der Waals surface area contributed by atoms with Gasteiger partial charge in [0.1, 0.15) is 5.82 Å². The molecule has 0 aliphatic rings. The van der Waals surface area contributed by atoms with Gasteiger partial charge in [-0.05, 0) is 36.4 Å². The van der Waals surface area contributed by atoms with Crippen molar-refractivity contribution in [3.63, 3.8) is 0 Å². The monoisotopic (exact) mass is 292 g/mol. The van der Waals surface area contributed by atoms with Crippen molar-refractivity contribution in [1.82, 2.24) is 0 Å². The van der Waals surface area contributed by atoms with E-state index in [9.17, 15) is 19.3 Å². The molecule has 5 nitrogen and oxygen atoms in total. The molecular formula is C13H9FN2O3S. The largest absolute Gasteiger partial charge is 0.366 e. The number of nitro benzene ring substituents is 1. The average Bonchev–Trinajstić information content (AvgIpc) is 2.41. The average molecular weight is 292 g/mol. The van der Waals surface area contributed by atoms with E-state index in [1.807, 2.05) is 0 Å². The molecule has 102 valence electrons. The van der Waals surface area contributed by atoms with Crippen molar-refractivity contribution in [3.05, 3.63) is 64.0 Å². The number of carbonyl (C=O) groups excluding carboxylic acids is 1. The molecule has 0 radical (unpaired) electrons. The molecule has 0 aliphatic heterocycles. The van der Waals surface area contributed by atoms with Gasteiger partial charge in [0.15, 0.2) is 0 Å². The first-order valence-electron chi connectivity index (χ1n) is 5.49. The van der Waals surface area contributed by atoms with Gasteiger partial charge in [-0.25, -0.2) is 4.39 Å². The Bertz CT molecular complexity index is 674. The topological polar surface area (TPSA) is 86.2 Å². The summed E-state index contributed by atoms with van der Waals surface area (Å²) in [7, 11) is 0. The Morgan fingerprint density at radius 1 is 1.20 bits per heavy atom. The van der Waals surface area contributed by atoms with Crippen LogP contribution in [0, 0.1) is 15.9 Å². The fourth-order valence-electron chi connectivity index (χ4n) is 1.53. The number of benzene rings is 2. The zero-order chi connectivity index (χ0) is 14.7. The molecule has 0 unspecified atom stereocenters. The molecule has 2 aromatic rings. The zero-order valence-corrected chi connectivity index (χ0v) is 10.9. The van der Waals surface area contributed by atoms with Crippen LogP contribution in [-0.4, -0.2) is 10.8 Å². The van der Waals surface area contributed by atoms with Crippen molar-refractivity contribution in [2.24, 2.45) is 5.73 Å². The molecule has 2 aromatic carbocycles. The molecule has 0 heterocycles. The second-order valence-corrected chi connectivity index (χ2v) is 4.98. The number of nitrogens with zero attached hydrogens (tertiary/aromatic N) is 1. The van der Waals surface area contributed by atoms with Crippen molar-refractivity contribution in [2.45, 2.75) is 9.79 Å². The van der Waals surface area contributed by atoms with Gasteiger partial charge in [-0.2, -0.15) is 0 Å². The number of halogens is 1. The van der Waals surface area contributed by atoms with Crippen LogP contribution in [-0.2, 0) is 0 Å². The SMILES string of the molecule is NC(=O)c1ccc(Sc2ccc(F)cc2)c([N+](=O)[O-])c1. The lowest BCUT2D eigenvalue weighted by Gasteiger charge is -2.04. The van der Waals surface area contributed by atoms with Gasteiger partial charge in [-0.15, -0.1) is 0 Å². The van der Waals surface area contributed by atoms with Gasteiger partial charge in [0.2, 0.25) is 5.91 Å². The van der Waals surface area contributed by atoms with E-state index in [1.54, 1.807) is 0 Å². The molecule has 2 N–H and O–H groups in total. The predicted octanol–water partition coefficient (Wildman–Crippen LogP) is 2.98. The second kappa shape index (κ2) is 5.70. The highest BCUT2D eigenvalue weighted by Crippen LogP contribution is 2.35. The van der Waals surface area contributed by atoms with E-state index >= 15 is 0 Å². The molecule has 0 saturated carbocycles. The molecule has 2 rings (SSSR count). The lowest BCUT2D eigenvalue weighted by atomic mass is 10.2. The third kappa shape index (κ3) is 3.12. The van der Waals surface area contributed by atoms with Gasteiger partial charge in [-0.1, -0.05) is 11.8 Å². The van der Waals surface area contributed by atoms with Gasteiger partial charge in [0.05, 0.1) is 9.82 Å². The van der Waals surface area contributed by atoms with Gasteiger partial charge in [-0.3, -0.25) is 14.9 Å². The Balaban J connectivity index is 2.38. The number of carbonyl (C=O) groups is 1. The molecular weight excluding hydrogens is 283 g/mol. The van der Waals surface area contributed by atoms with Crippen molar-refractivity contribution in [1.29, 1.82) is 0 Å².